The molecule has 0 bridgehead atoms. The number of methoxy groups -OCH3 is 2. The van der Waals surface area contributed by atoms with Crippen LogP contribution in [-0.2, 0) is 6.61 Å². The van der Waals surface area contributed by atoms with Gasteiger partial charge in [0.15, 0.2) is 5.78 Å². The fourth-order valence-corrected chi connectivity index (χ4v) is 2.75. The smallest absolute Gasteiger partial charge is 0.189 e. The fourth-order valence-electron chi connectivity index (χ4n) is 2.75. The van der Waals surface area contributed by atoms with Crippen LogP contribution in [0.15, 0.2) is 72.8 Å². The number of aromatic hydroxyl groups is 1. The maximum Gasteiger partial charge on any atom is 0.189 e. The largest absolute Gasteiger partial charge is 0.507 e. The Hall–Kier alpha value is -3.73. The summed E-state index contributed by atoms with van der Waals surface area (Å²) in [5.74, 6) is 1.36. The van der Waals surface area contributed by atoms with Crippen LogP contribution in [0.4, 0.5) is 0 Å². The van der Waals surface area contributed by atoms with E-state index in [0.29, 0.717) is 35.0 Å². The molecule has 0 aromatic heterocycles. The highest BCUT2D eigenvalue weighted by Crippen LogP contribution is 2.27. The first-order chi connectivity index (χ1) is 14.1. The summed E-state index contributed by atoms with van der Waals surface area (Å²) in [5, 5.41) is 10.3. The standard InChI is InChI=1S/C24H22O5/c1-27-19-11-12-21(24(15-19)28-2)22(25)13-9-18-8-10-20(14-23(18)26)29-16-17-6-4-3-5-7-17/h3-15,26H,16H2,1-2H3. The van der Waals surface area contributed by atoms with Crippen LogP contribution in [0, 0.1) is 0 Å². The molecule has 0 saturated heterocycles. The number of phenolic OH excluding ortho intramolecular Hbond substituents is 1. The Morgan fingerprint density at radius 1 is 0.931 bits per heavy atom. The molecule has 0 unspecified atom stereocenters. The van der Waals surface area contributed by atoms with Crippen LogP contribution >= 0.6 is 0 Å². The van der Waals surface area contributed by atoms with Gasteiger partial charge in [-0.2, -0.15) is 0 Å². The number of ketones is 1. The Kier molecular flexibility index (Phi) is 6.53. The molecule has 0 atom stereocenters. The minimum absolute atomic E-state index is 0.0290. The zero-order chi connectivity index (χ0) is 20.6. The Morgan fingerprint density at radius 2 is 1.69 bits per heavy atom. The zero-order valence-electron chi connectivity index (χ0n) is 16.3. The van der Waals surface area contributed by atoms with E-state index in [1.54, 1.807) is 43.5 Å². The molecule has 0 fully saturated rings. The second-order valence-corrected chi connectivity index (χ2v) is 6.26. The van der Waals surface area contributed by atoms with Crippen LogP contribution in [-0.4, -0.2) is 25.1 Å². The minimum Gasteiger partial charge on any atom is -0.507 e. The molecule has 3 rings (SSSR count). The minimum atomic E-state index is -0.242. The van der Waals surface area contributed by atoms with E-state index in [1.807, 2.05) is 30.3 Å². The molecular weight excluding hydrogens is 368 g/mol. The Labute approximate surface area is 169 Å². The summed E-state index contributed by atoms with van der Waals surface area (Å²) in [6.45, 7) is 0.408. The van der Waals surface area contributed by atoms with Crippen molar-refractivity contribution in [1.29, 1.82) is 0 Å². The number of ether oxygens (including phenoxy) is 3. The Bertz CT molecular complexity index is 1010. The summed E-state index contributed by atoms with van der Waals surface area (Å²) in [7, 11) is 3.04. The highest BCUT2D eigenvalue weighted by molar-refractivity contribution is 6.08. The molecule has 0 aliphatic carbocycles. The van der Waals surface area contributed by atoms with Gasteiger partial charge in [-0.15, -0.1) is 0 Å². The maximum atomic E-state index is 12.5. The van der Waals surface area contributed by atoms with Crippen molar-refractivity contribution in [2.75, 3.05) is 14.2 Å². The van der Waals surface area contributed by atoms with Crippen molar-refractivity contribution >= 4 is 11.9 Å². The van der Waals surface area contributed by atoms with Crippen LogP contribution in [0.5, 0.6) is 23.0 Å². The molecule has 5 heteroatoms. The van der Waals surface area contributed by atoms with Gasteiger partial charge >= 0.3 is 0 Å². The molecule has 148 valence electrons. The number of hydrogen-bond acceptors (Lipinski definition) is 5. The monoisotopic (exact) mass is 390 g/mol. The van der Waals surface area contributed by atoms with Crippen LogP contribution in [0.1, 0.15) is 21.5 Å². The molecule has 0 spiro atoms. The van der Waals surface area contributed by atoms with Crippen LogP contribution in [0.3, 0.4) is 0 Å². The second kappa shape index (κ2) is 9.46. The van der Waals surface area contributed by atoms with E-state index in [0.717, 1.165) is 5.56 Å². The van der Waals surface area contributed by atoms with Gasteiger partial charge < -0.3 is 19.3 Å². The first-order valence-electron chi connectivity index (χ1n) is 9.05. The van der Waals surface area contributed by atoms with Gasteiger partial charge in [-0.1, -0.05) is 30.3 Å². The number of phenols is 1. The van der Waals surface area contributed by atoms with Crippen LogP contribution in [0.2, 0.25) is 0 Å². The molecule has 5 nitrogen and oxygen atoms in total. The Balaban J connectivity index is 1.69. The van der Waals surface area contributed by atoms with E-state index in [9.17, 15) is 9.90 Å². The van der Waals surface area contributed by atoms with Crippen molar-refractivity contribution in [2.45, 2.75) is 6.61 Å². The maximum absolute atomic E-state index is 12.5. The normalized spacial score (nSPS) is 10.7. The average molecular weight is 390 g/mol. The van der Waals surface area contributed by atoms with Gasteiger partial charge in [0.05, 0.1) is 19.8 Å². The molecule has 1 N–H and O–H groups in total. The first-order valence-corrected chi connectivity index (χ1v) is 9.05. The summed E-state index contributed by atoms with van der Waals surface area (Å²) in [6, 6.07) is 19.7. The summed E-state index contributed by atoms with van der Waals surface area (Å²) in [5.41, 5.74) is 1.96. The molecule has 0 saturated carbocycles. The van der Waals surface area contributed by atoms with E-state index in [1.165, 1.54) is 19.3 Å². The summed E-state index contributed by atoms with van der Waals surface area (Å²) in [4.78, 5) is 12.5. The number of rotatable bonds is 8. The van der Waals surface area contributed by atoms with Gasteiger partial charge in [0.1, 0.15) is 29.6 Å². The number of hydrogen-bond donors (Lipinski definition) is 1. The molecule has 3 aromatic rings. The quantitative estimate of drug-likeness (QED) is 0.438. The molecule has 0 heterocycles. The zero-order valence-corrected chi connectivity index (χ0v) is 16.3. The lowest BCUT2D eigenvalue weighted by Gasteiger charge is -2.09. The highest BCUT2D eigenvalue weighted by atomic mass is 16.5. The van der Waals surface area contributed by atoms with E-state index in [-0.39, 0.29) is 11.5 Å². The van der Waals surface area contributed by atoms with Crippen molar-refractivity contribution < 1.29 is 24.1 Å². The third-order valence-electron chi connectivity index (χ3n) is 4.34. The molecule has 0 radical (unpaired) electrons. The highest BCUT2D eigenvalue weighted by Gasteiger charge is 2.11. The van der Waals surface area contributed by atoms with Crippen molar-refractivity contribution in [3.05, 3.63) is 89.5 Å². The molecule has 3 aromatic carbocycles. The van der Waals surface area contributed by atoms with Crippen molar-refractivity contribution in [3.8, 4) is 23.0 Å². The third-order valence-corrected chi connectivity index (χ3v) is 4.34. The summed E-state index contributed by atoms with van der Waals surface area (Å²) in [6.07, 6.45) is 2.95. The van der Waals surface area contributed by atoms with Crippen LogP contribution in [0.25, 0.3) is 6.08 Å². The van der Waals surface area contributed by atoms with Gasteiger partial charge in [0.25, 0.3) is 0 Å². The van der Waals surface area contributed by atoms with E-state index < -0.39 is 0 Å². The van der Waals surface area contributed by atoms with Crippen molar-refractivity contribution in [3.63, 3.8) is 0 Å². The second-order valence-electron chi connectivity index (χ2n) is 6.26. The van der Waals surface area contributed by atoms with Crippen molar-refractivity contribution in [2.24, 2.45) is 0 Å². The van der Waals surface area contributed by atoms with Gasteiger partial charge in [-0.05, 0) is 42.0 Å². The molecule has 0 aliphatic heterocycles. The lowest BCUT2D eigenvalue weighted by Crippen LogP contribution is -1.99. The molecular formula is C24H22O5. The Morgan fingerprint density at radius 3 is 2.38 bits per heavy atom. The molecule has 0 amide bonds. The van der Waals surface area contributed by atoms with Gasteiger partial charge in [-0.3, -0.25) is 4.79 Å². The predicted molar refractivity (Wildman–Crippen MR) is 112 cm³/mol. The van der Waals surface area contributed by atoms with Gasteiger partial charge in [0.2, 0.25) is 0 Å². The summed E-state index contributed by atoms with van der Waals surface area (Å²) < 4.78 is 16.1. The fraction of sp³-hybridized carbons (Fsp3) is 0.125. The topological polar surface area (TPSA) is 65.0 Å². The average Bonchev–Trinajstić information content (AvgIpc) is 2.77. The summed E-state index contributed by atoms with van der Waals surface area (Å²) >= 11 is 0. The van der Waals surface area contributed by atoms with Crippen molar-refractivity contribution in [1.82, 2.24) is 0 Å². The molecule has 0 aliphatic rings. The van der Waals surface area contributed by atoms with E-state index in [2.05, 4.69) is 0 Å². The number of carbonyl (C=O) groups is 1. The third kappa shape index (κ3) is 5.17. The lowest BCUT2D eigenvalue weighted by atomic mass is 10.1. The predicted octanol–water partition coefficient (Wildman–Crippen LogP) is 4.88. The van der Waals surface area contributed by atoms with E-state index in [4.69, 9.17) is 14.2 Å². The van der Waals surface area contributed by atoms with Gasteiger partial charge in [-0.25, -0.2) is 0 Å². The van der Waals surface area contributed by atoms with E-state index >= 15 is 0 Å². The lowest BCUT2D eigenvalue weighted by molar-refractivity contribution is 0.104. The SMILES string of the molecule is COc1ccc(C(=O)C=Cc2ccc(OCc3ccccc3)cc2O)c(OC)c1. The number of carbonyl (C=O) groups excluding carboxylic acids is 1. The van der Waals surface area contributed by atoms with Crippen LogP contribution < -0.4 is 14.2 Å². The molecule has 29 heavy (non-hydrogen) atoms. The first kappa shape index (κ1) is 20.0. The number of allylic oxidation sites excluding steroid dienone is 1. The van der Waals surface area contributed by atoms with Gasteiger partial charge in [0, 0.05) is 17.7 Å². The number of benzene rings is 3.